The first-order valence-electron chi connectivity index (χ1n) is 14.9. The molecule has 0 saturated heterocycles. The Morgan fingerprint density at radius 2 is 1.67 bits per heavy atom. The SMILES string of the molecule is CC(NC(=O)[C@@H]1c2ccccc2C(=O)N([C@H]2CCCC[C@@H]2NS(C)(=O)=O)[C@H]1c1ccc(Cl)cc1)c1ccc(NC(=O)CO)cc1. The van der Waals surface area contributed by atoms with Gasteiger partial charge in [-0.1, -0.05) is 66.9 Å². The summed E-state index contributed by atoms with van der Waals surface area (Å²) < 4.78 is 27.5. The number of halogens is 1. The summed E-state index contributed by atoms with van der Waals surface area (Å²) >= 11 is 6.25. The van der Waals surface area contributed by atoms with Crippen molar-refractivity contribution in [2.24, 2.45) is 0 Å². The molecule has 4 N–H and O–H groups in total. The highest BCUT2D eigenvalue weighted by atomic mass is 35.5. The number of nitrogens with one attached hydrogen (secondary N) is 3. The number of sulfonamides is 1. The Morgan fingerprint density at radius 3 is 2.33 bits per heavy atom. The lowest BCUT2D eigenvalue weighted by molar-refractivity contribution is -0.125. The molecule has 5 rings (SSSR count). The normalized spacial score (nSPS) is 22.3. The summed E-state index contributed by atoms with van der Waals surface area (Å²) in [6.07, 6.45) is 3.90. The van der Waals surface area contributed by atoms with Crippen LogP contribution < -0.4 is 15.4 Å². The van der Waals surface area contributed by atoms with Gasteiger partial charge in [0.1, 0.15) is 6.61 Å². The number of amides is 3. The fraction of sp³-hybridized carbons (Fsp3) is 0.364. The lowest BCUT2D eigenvalue weighted by atomic mass is 9.76. The molecule has 1 fully saturated rings. The Labute approximate surface area is 268 Å². The van der Waals surface area contributed by atoms with Crippen molar-refractivity contribution < 1.29 is 27.9 Å². The van der Waals surface area contributed by atoms with Gasteiger partial charge in [0.05, 0.1) is 24.3 Å². The van der Waals surface area contributed by atoms with Crippen LogP contribution in [0.1, 0.15) is 77.7 Å². The molecule has 10 nitrogen and oxygen atoms in total. The summed E-state index contributed by atoms with van der Waals surface area (Å²) in [4.78, 5) is 42.1. The van der Waals surface area contributed by atoms with E-state index in [0.717, 1.165) is 24.7 Å². The van der Waals surface area contributed by atoms with Gasteiger partial charge in [-0.15, -0.1) is 0 Å². The molecule has 0 spiro atoms. The molecule has 1 aliphatic carbocycles. The summed E-state index contributed by atoms with van der Waals surface area (Å²) in [6.45, 7) is 1.22. The molecule has 45 heavy (non-hydrogen) atoms. The monoisotopic (exact) mass is 652 g/mol. The summed E-state index contributed by atoms with van der Waals surface area (Å²) in [7, 11) is -3.57. The van der Waals surface area contributed by atoms with E-state index in [1.807, 2.05) is 19.1 Å². The topological polar surface area (TPSA) is 145 Å². The van der Waals surface area contributed by atoms with Crippen molar-refractivity contribution in [1.82, 2.24) is 14.9 Å². The van der Waals surface area contributed by atoms with Crippen LogP contribution in [0.25, 0.3) is 0 Å². The Bertz CT molecular complexity index is 1670. The Kier molecular flexibility index (Phi) is 9.93. The average molecular weight is 653 g/mol. The quantitative estimate of drug-likeness (QED) is 0.271. The van der Waals surface area contributed by atoms with E-state index < -0.39 is 52.6 Å². The third kappa shape index (κ3) is 7.38. The largest absolute Gasteiger partial charge is 0.387 e. The second kappa shape index (κ2) is 13.7. The predicted octanol–water partition coefficient (Wildman–Crippen LogP) is 4.29. The molecule has 1 aliphatic heterocycles. The van der Waals surface area contributed by atoms with Crippen LogP contribution >= 0.6 is 11.6 Å². The van der Waals surface area contributed by atoms with Gasteiger partial charge in [-0.05, 0) is 66.8 Å². The minimum atomic E-state index is -3.57. The predicted molar refractivity (Wildman–Crippen MR) is 172 cm³/mol. The smallest absolute Gasteiger partial charge is 0.255 e. The molecular formula is C33H37ClN4O6S. The van der Waals surface area contributed by atoms with Crippen LogP contribution in [-0.4, -0.2) is 61.1 Å². The second-order valence-corrected chi connectivity index (χ2v) is 13.9. The van der Waals surface area contributed by atoms with Crippen LogP contribution in [0, 0.1) is 0 Å². The molecule has 0 radical (unpaired) electrons. The molecule has 1 heterocycles. The van der Waals surface area contributed by atoms with Crippen molar-refractivity contribution in [2.75, 3.05) is 18.2 Å². The van der Waals surface area contributed by atoms with Gasteiger partial charge in [0.2, 0.25) is 21.8 Å². The third-order valence-electron chi connectivity index (χ3n) is 8.52. The zero-order valence-corrected chi connectivity index (χ0v) is 26.6. The number of carbonyl (C=O) groups is 3. The Morgan fingerprint density at radius 1 is 1.00 bits per heavy atom. The zero-order chi connectivity index (χ0) is 32.3. The zero-order valence-electron chi connectivity index (χ0n) is 25.1. The molecule has 12 heteroatoms. The van der Waals surface area contributed by atoms with Gasteiger partial charge in [-0.3, -0.25) is 14.4 Å². The molecule has 3 aromatic carbocycles. The summed E-state index contributed by atoms with van der Waals surface area (Å²) in [5, 5.41) is 15.2. The first-order valence-corrected chi connectivity index (χ1v) is 17.2. The molecule has 1 unspecified atom stereocenters. The van der Waals surface area contributed by atoms with Crippen LogP contribution in [0.5, 0.6) is 0 Å². The lowest BCUT2D eigenvalue weighted by Crippen LogP contribution is -2.59. The number of anilines is 1. The number of aliphatic hydroxyl groups excluding tert-OH is 1. The van der Waals surface area contributed by atoms with Crippen molar-refractivity contribution in [3.8, 4) is 0 Å². The highest BCUT2D eigenvalue weighted by Crippen LogP contribution is 2.46. The number of hydrogen-bond donors (Lipinski definition) is 4. The van der Waals surface area contributed by atoms with E-state index in [0.29, 0.717) is 40.2 Å². The third-order valence-corrected chi connectivity index (χ3v) is 9.50. The van der Waals surface area contributed by atoms with E-state index in [4.69, 9.17) is 16.7 Å². The molecule has 2 aliphatic rings. The van der Waals surface area contributed by atoms with E-state index >= 15 is 0 Å². The van der Waals surface area contributed by atoms with Gasteiger partial charge in [0.15, 0.2) is 0 Å². The molecule has 3 amide bonds. The number of hydrogen-bond acceptors (Lipinski definition) is 6. The number of carbonyl (C=O) groups excluding carboxylic acids is 3. The maximum Gasteiger partial charge on any atom is 0.255 e. The summed E-state index contributed by atoms with van der Waals surface area (Å²) in [6, 6.07) is 18.9. The van der Waals surface area contributed by atoms with E-state index in [1.165, 1.54) is 0 Å². The van der Waals surface area contributed by atoms with E-state index in [2.05, 4.69) is 15.4 Å². The maximum absolute atomic E-state index is 14.4. The van der Waals surface area contributed by atoms with Crippen LogP contribution in [0.3, 0.4) is 0 Å². The van der Waals surface area contributed by atoms with Gasteiger partial charge in [0.25, 0.3) is 5.91 Å². The lowest BCUT2D eigenvalue weighted by Gasteiger charge is -2.49. The van der Waals surface area contributed by atoms with Crippen LogP contribution in [0.2, 0.25) is 5.02 Å². The number of rotatable bonds is 9. The number of aliphatic hydroxyl groups is 1. The molecule has 1 saturated carbocycles. The van der Waals surface area contributed by atoms with Crippen molar-refractivity contribution in [3.63, 3.8) is 0 Å². The number of nitrogens with zero attached hydrogens (tertiary/aromatic N) is 1. The van der Waals surface area contributed by atoms with Crippen LogP contribution in [0.4, 0.5) is 5.69 Å². The van der Waals surface area contributed by atoms with Crippen molar-refractivity contribution in [2.45, 2.75) is 62.7 Å². The first-order chi connectivity index (χ1) is 21.5. The maximum atomic E-state index is 14.4. The molecule has 0 bridgehead atoms. The van der Waals surface area contributed by atoms with E-state index in [9.17, 15) is 22.8 Å². The molecule has 0 aromatic heterocycles. The van der Waals surface area contributed by atoms with Gasteiger partial charge in [-0.2, -0.15) is 0 Å². The highest BCUT2D eigenvalue weighted by Gasteiger charge is 2.49. The van der Waals surface area contributed by atoms with Gasteiger partial charge >= 0.3 is 0 Å². The van der Waals surface area contributed by atoms with Gasteiger partial charge < -0.3 is 20.6 Å². The fourth-order valence-electron chi connectivity index (χ4n) is 6.51. The molecule has 3 aromatic rings. The van der Waals surface area contributed by atoms with E-state index in [1.54, 1.807) is 65.6 Å². The first kappa shape index (κ1) is 32.6. The van der Waals surface area contributed by atoms with Gasteiger partial charge in [0, 0.05) is 28.4 Å². The second-order valence-electron chi connectivity index (χ2n) is 11.7. The van der Waals surface area contributed by atoms with Crippen molar-refractivity contribution in [1.29, 1.82) is 0 Å². The average Bonchev–Trinajstić information content (AvgIpc) is 3.01. The van der Waals surface area contributed by atoms with Crippen molar-refractivity contribution in [3.05, 3.63) is 100 Å². The molecule has 238 valence electrons. The van der Waals surface area contributed by atoms with Crippen LogP contribution in [-0.2, 0) is 19.6 Å². The standard InChI is InChI=1S/C33H37ClN4O6S/c1-20(21-13-17-24(18-14-21)36-29(40)19-39)35-32(41)30-25-7-3-4-8-26(25)33(42)38(31(30)22-11-15-23(34)16-12-22)28-10-6-5-9-27(28)37-45(2,43)44/h3-4,7-8,11-18,20,27-28,30-31,37,39H,5-6,9-10,19H2,1-2H3,(H,35,41)(H,36,40)/t20?,27-,28-,30+,31-/m0/s1. The van der Waals surface area contributed by atoms with Crippen LogP contribution in [0.15, 0.2) is 72.8 Å². The molecular weight excluding hydrogens is 616 g/mol. The summed E-state index contributed by atoms with van der Waals surface area (Å²) in [5.41, 5.74) is 3.01. The van der Waals surface area contributed by atoms with Crippen molar-refractivity contribution >= 4 is 45.0 Å². The Hall–Kier alpha value is -3.77. The minimum Gasteiger partial charge on any atom is -0.387 e. The Balaban J connectivity index is 1.55. The number of fused-ring (bicyclic) bond motifs is 1. The summed E-state index contributed by atoms with van der Waals surface area (Å²) in [5.74, 6) is -1.89. The minimum absolute atomic E-state index is 0.254. The van der Waals surface area contributed by atoms with E-state index in [-0.39, 0.29) is 11.8 Å². The molecule has 5 atom stereocenters. The van der Waals surface area contributed by atoms with Gasteiger partial charge in [-0.25, -0.2) is 13.1 Å². The fourth-order valence-corrected chi connectivity index (χ4v) is 7.46. The number of benzene rings is 3. The highest BCUT2D eigenvalue weighted by molar-refractivity contribution is 7.88.